The van der Waals surface area contributed by atoms with E-state index in [9.17, 15) is 13.2 Å². The highest BCUT2D eigenvalue weighted by atomic mass is 35.5. The minimum atomic E-state index is -3.92. The van der Waals surface area contributed by atoms with Crippen molar-refractivity contribution in [1.29, 1.82) is 0 Å². The number of carbonyl (C=O) groups is 1. The number of fused-ring (bicyclic) bond motifs is 1. The number of benzene rings is 2. The standard InChI is InChI=1S/C17H15Cl2NO4S/c1-24-17(21)11-6-5-10-7-8-15(12(10)9-11)20-25(22,23)16-13(18)3-2-4-14(16)19/h2-6,9,15,20H,7-8H2,1H3. The Kier molecular flexibility index (Phi) is 5.06. The Morgan fingerprint density at radius 2 is 1.88 bits per heavy atom. The number of methoxy groups -OCH3 is 1. The second-order valence-electron chi connectivity index (χ2n) is 5.67. The van der Waals surface area contributed by atoms with E-state index < -0.39 is 22.0 Å². The zero-order valence-corrected chi connectivity index (χ0v) is 15.6. The molecule has 0 aliphatic heterocycles. The van der Waals surface area contributed by atoms with E-state index in [0.717, 1.165) is 11.1 Å². The van der Waals surface area contributed by atoms with Crippen LogP contribution in [-0.4, -0.2) is 21.5 Å². The minimum Gasteiger partial charge on any atom is -0.465 e. The zero-order valence-electron chi connectivity index (χ0n) is 13.3. The highest BCUT2D eigenvalue weighted by Gasteiger charge is 2.30. The van der Waals surface area contributed by atoms with Gasteiger partial charge in [0.25, 0.3) is 0 Å². The molecule has 0 radical (unpaired) electrons. The molecule has 2 aromatic rings. The van der Waals surface area contributed by atoms with Crippen molar-refractivity contribution in [1.82, 2.24) is 4.72 Å². The molecule has 0 fully saturated rings. The Balaban J connectivity index is 1.95. The van der Waals surface area contributed by atoms with Gasteiger partial charge in [-0.3, -0.25) is 0 Å². The summed E-state index contributed by atoms with van der Waals surface area (Å²) in [6.45, 7) is 0. The van der Waals surface area contributed by atoms with Gasteiger partial charge in [-0.1, -0.05) is 35.3 Å². The van der Waals surface area contributed by atoms with Crippen LogP contribution in [0.3, 0.4) is 0 Å². The Hall–Kier alpha value is -1.60. The molecule has 1 N–H and O–H groups in total. The molecule has 8 heteroatoms. The second kappa shape index (κ2) is 6.96. The molecule has 132 valence electrons. The summed E-state index contributed by atoms with van der Waals surface area (Å²) in [4.78, 5) is 11.6. The zero-order chi connectivity index (χ0) is 18.2. The fraction of sp³-hybridized carbons (Fsp3) is 0.235. The maximum Gasteiger partial charge on any atom is 0.337 e. The van der Waals surface area contributed by atoms with Crippen molar-refractivity contribution in [3.05, 3.63) is 63.1 Å². The average molecular weight is 400 g/mol. The van der Waals surface area contributed by atoms with E-state index in [2.05, 4.69) is 4.72 Å². The number of halogens is 2. The normalized spacial score (nSPS) is 16.5. The smallest absolute Gasteiger partial charge is 0.337 e. The molecular formula is C17H15Cl2NO4S. The van der Waals surface area contributed by atoms with Crippen molar-refractivity contribution in [3.8, 4) is 0 Å². The largest absolute Gasteiger partial charge is 0.465 e. The van der Waals surface area contributed by atoms with E-state index in [4.69, 9.17) is 27.9 Å². The molecule has 0 heterocycles. The summed E-state index contributed by atoms with van der Waals surface area (Å²) in [5, 5.41) is 0.114. The predicted octanol–water partition coefficient (Wildman–Crippen LogP) is 3.75. The van der Waals surface area contributed by atoms with Crippen LogP contribution in [0.5, 0.6) is 0 Å². The number of ether oxygens (including phenoxy) is 1. The maximum atomic E-state index is 12.7. The first-order valence-corrected chi connectivity index (χ1v) is 9.75. The van der Waals surface area contributed by atoms with Crippen LogP contribution in [0.2, 0.25) is 10.0 Å². The third-order valence-electron chi connectivity index (χ3n) is 4.13. The van der Waals surface area contributed by atoms with Crippen LogP contribution < -0.4 is 4.72 Å². The van der Waals surface area contributed by atoms with Crippen LogP contribution in [0.4, 0.5) is 0 Å². The third-order valence-corrected chi connectivity index (χ3v) is 6.56. The summed E-state index contributed by atoms with van der Waals surface area (Å²) in [7, 11) is -2.62. The number of nitrogens with one attached hydrogen (secondary N) is 1. The number of sulfonamides is 1. The first kappa shape index (κ1) is 18.2. The van der Waals surface area contributed by atoms with Crippen molar-refractivity contribution in [2.45, 2.75) is 23.8 Å². The van der Waals surface area contributed by atoms with Gasteiger partial charge in [0.1, 0.15) is 4.90 Å². The van der Waals surface area contributed by atoms with Gasteiger partial charge in [0.2, 0.25) is 10.0 Å². The lowest BCUT2D eigenvalue weighted by atomic mass is 10.0. The molecule has 5 nitrogen and oxygen atoms in total. The SMILES string of the molecule is COC(=O)c1ccc2c(c1)C(NS(=O)(=O)c1c(Cl)cccc1Cl)CC2. The van der Waals surface area contributed by atoms with Crippen LogP contribution in [0.25, 0.3) is 0 Å². The number of hydrogen-bond donors (Lipinski definition) is 1. The van der Waals surface area contributed by atoms with E-state index in [0.29, 0.717) is 18.4 Å². The second-order valence-corrected chi connectivity index (χ2v) is 8.13. The highest BCUT2D eigenvalue weighted by Crippen LogP contribution is 2.35. The van der Waals surface area contributed by atoms with E-state index >= 15 is 0 Å². The van der Waals surface area contributed by atoms with Crippen LogP contribution >= 0.6 is 23.2 Å². The molecule has 0 spiro atoms. The van der Waals surface area contributed by atoms with Crippen molar-refractivity contribution in [2.24, 2.45) is 0 Å². The van der Waals surface area contributed by atoms with Crippen molar-refractivity contribution in [2.75, 3.05) is 7.11 Å². The van der Waals surface area contributed by atoms with Gasteiger partial charge in [0.15, 0.2) is 0 Å². The van der Waals surface area contributed by atoms with Gasteiger partial charge in [0.05, 0.1) is 22.7 Å². The van der Waals surface area contributed by atoms with Crippen LogP contribution in [-0.2, 0) is 21.2 Å². The van der Waals surface area contributed by atoms with Crippen LogP contribution in [0.1, 0.15) is 33.9 Å². The number of esters is 1. The lowest BCUT2D eigenvalue weighted by Crippen LogP contribution is -2.28. The summed E-state index contributed by atoms with van der Waals surface area (Å²) >= 11 is 12.0. The Bertz CT molecular complexity index is 923. The van der Waals surface area contributed by atoms with Crippen molar-refractivity contribution < 1.29 is 17.9 Å². The fourth-order valence-corrected chi connectivity index (χ4v) is 5.35. The third kappa shape index (κ3) is 3.53. The lowest BCUT2D eigenvalue weighted by molar-refractivity contribution is 0.0600. The van der Waals surface area contributed by atoms with Crippen molar-refractivity contribution >= 4 is 39.2 Å². The van der Waals surface area contributed by atoms with E-state index in [1.54, 1.807) is 18.2 Å². The predicted molar refractivity (Wildman–Crippen MR) is 95.6 cm³/mol. The first-order valence-electron chi connectivity index (χ1n) is 7.51. The Morgan fingerprint density at radius 1 is 1.20 bits per heavy atom. The summed E-state index contributed by atoms with van der Waals surface area (Å²) in [5.74, 6) is -0.467. The van der Waals surface area contributed by atoms with Gasteiger partial charge >= 0.3 is 5.97 Å². The maximum absolute atomic E-state index is 12.7. The minimum absolute atomic E-state index is 0.0570. The molecule has 25 heavy (non-hydrogen) atoms. The average Bonchev–Trinajstić information content (AvgIpc) is 2.95. The van der Waals surface area contributed by atoms with E-state index in [1.807, 2.05) is 6.07 Å². The lowest BCUT2D eigenvalue weighted by Gasteiger charge is -2.16. The fourth-order valence-electron chi connectivity index (χ4n) is 2.96. The molecule has 0 aromatic heterocycles. The topological polar surface area (TPSA) is 72.5 Å². The summed E-state index contributed by atoms with van der Waals surface area (Å²) in [6.07, 6.45) is 1.29. The molecule has 1 unspecified atom stereocenters. The molecule has 1 aliphatic rings. The van der Waals surface area contributed by atoms with Gasteiger partial charge in [-0.25, -0.2) is 17.9 Å². The summed E-state index contributed by atoms with van der Waals surface area (Å²) < 4.78 is 32.9. The number of aryl methyl sites for hydroxylation is 1. The number of carbonyl (C=O) groups excluding carboxylic acids is 1. The monoisotopic (exact) mass is 399 g/mol. The first-order chi connectivity index (χ1) is 11.8. The van der Waals surface area contributed by atoms with Crippen LogP contribution in [0.15, 0.2) is 41.3 Å². The molecule has 2 aromatic carbocycles. The molecule has 0 amide bonds. The molecule has 1 atom stereocenters. The molecule has 3 rings (SSSR count). The Morgan fingerprint density at radius 3 is 2.52 bits per heavy atom. The molecular weight excluding hydrogens is 385 g/mol. The van der Waals surface area contributed by atoms with Gasteiger partial charge in [-0.15, -0.1) is 0 Å². The van der Waals surface area contributed by atoms with Crippen LogP contribution in [0, 0.1) is 0 Å². The van der Waals surface area contributed by atoms with E-state index in [-0.39, 0.29) is 14.9 Å². The summed E-state index contributed by atoms with van der Waals surface area (Å²) in [6, 6.07) is 9.22. The van der Waals surface area contributed by atoms with Crippen molar-refractivity contribution in [3.63, 3.8) is 0 Å². The summed E-state index contributed by atoms with van der Waals surface area (Å²) in [5.41, 5.74) is 2.13. The van der Waals surface area contributed by atoms with Gasteiger partial charge < -0.3 is 4.74 Å². The van der Waals surface area contributed by atoms with E-state index in [1.165, 1.54) is 19.2 Å². The number of rotatable bonds is 4. The quantitative estimate of drug-likeness (QED) is 0.794. The molecule has 0 saturated carbocycles. The van der Waals surface area contributed by atoms with Gasteiger partial charge in [0, 0.05) is 6.04 Å². The Labute approximate surface area is 155 Å². The number of hydrogen-bond acceptors (Lipinski definition) is 4. The highest BCUT2D eigenvalue weighted by molar-refractivity contribution is 7.89. The molecule has 1 aliphatic carbocycles. The van der Waals surface area contributed by atoms with Gasteiger partial charge in [-0.05, 0) is 48.2 Å². The molecule has 0 saturated heterocycles. The molecule has 0 bridgehead atoms. The van der Waals surface area contributed by atoms with Gasteiger partial charge in [-0.2, -0.15) is 0 Å².